The summed E-state index contributed by atoms with van der Waals surface area (Å²) >= 11 is 3.21. The zero-order valence-electron chi connectivity index (χ0n) is 12.5. The van der Waals surface area contributed by atoms with Crippen molar-refractivity contribution in [2.45, 2.75) is 24.6 Å². The third kappa shape index (κ3) is 4.68. The quantitative estimate of drug-likeness (QED) is 0.491. The van der Waals surface area contributed by atoms with Crippen molar-refractivity contribution in [1.29, 1.82) is 5.26 Å². The molecule has 0 aliphatic heterocycles. The number of benzene rings is 1. The Balaban J connectivity index is 1.55. The predicted octanol–water partition coefficient (Wildman–Crippen LogP) is 4.00. The second-order valence-corrected chi connectivity index (χ2v) is 6.89. The molecule has 3 rings (SSSR count). The largest absolute Gasteiger partial charge is 0.263 e. The van der Waals surface area contributed by atoms with E-state index < -0.39 is 0 Å². The lowest BCUT2D eigenvalue weighted by Crippen LogP contribution is -2.18. The number of thioether (sulfide) groups is 1. The summed E-state index contributed by atoms with van der Waals surface area (Å²) in [6, 6.07) is 14.4. The molecule has 2 aromatic rings. The Morgan fingerprint density at radius 2 is 2.22 bits per heavy atom. The smallest absolute Gasteiger partial charge is 0.159 e. The Hall–Kier alpha value is -2.10. The zero-order chi connectivity index (χ0) is 15.9. The summed E-state index contributed by atoms with van der Waals surface area (Å²) in [5.74, 6) is 1.57. The minimum absolute atomic E-state index is 0.449. The number of nitrogens with one attached hydrogen (secondary N) is 1. The summed E-state index contributed by atoms with van der Waals surface area (Å²) in [5.41, 5.74) is 6.56. The van der Waals surface area contributed by atoms with Gasteiger partial charge in [0.25, 0.3) is 0 Å². The minimum Gasteiger partial charge on any atom is -0.263 e. The van der Waals surface area contributed by atoms with Crippen LogP contribution in [0.2, 0.25) is 0 Å². The van der Waals surface area contributed by atoms with Gasteiger partial charge in [0, 0.05) is 5.75 Å². The Labute approximate surface area is 144 Å². The number of hydrogen-bond acceptors (Lipinski definition) is 5. The predicted molar refractivity (Wildman–Crippen MR) is 98.0 cm³/mol. The first-order chi connectivity index (χ1) is 11.4. The van der Waals surface area contributed by atoms with E-state index in [9.17, 15) is 0 Å². The average molecular weight is 340 g/mol. The Bertz CT molecular complexity index is 740. The average Bonchev–Trinajstić information content (AvgIpc) is 3.23. The first kappa shape index (κ1) is 15.8. The topological polar surface area (TPSA) is 60.5 Å². The van der Waals surface area contributed by atoms with Crippen LogP contribution in [-0.2, 0) is 5.75 Å². The van der Waals surface area contributed by atoms with Crippen molar-refractivity contribution in [3.8, 4) is 6.07 Å². The molecular weight excluding hydrogens is 324 g/mol. The van der Waals surface area contributed by atoms with Crippen LogP contribution < -0.4 is 5.43 Å². The number of aliphatic imine (C=N–C) groups is 1. The fourth-order valence-corrected chi connectivity index (χ4v) is 3.26. The lowest BCUT2D eigenvalue weighted by atomic mass is 10.1. The van der Waals surface area contributed by atoms with Crippen LogP contribution in [0, 0.1) is 11.3 Å². The van der Waals surface area contributed by atoms with E-state index in [-0.39, 0.29) is 0 Å². The van der Waals surface area contributed by atoms with Gasteiger partial charge in [0.2, 0.25) is 0 Å². The second kappa shape index (κ2) is 7.95. The van der Waals surface area contributed by atoms with Gasteiger partial charge in [-0.1, -0.05) is 24.3 Å². The number of amidine groups is 1. The summed E-state index contributed by atoms with van der Waals surface area (Å²) < 4.78 is 0. The van der Waals surface area contributed by atoms with Gasteiger partial charge in [-0.25, -0.2) is 0 Å². The Kier molecular flexibility index (Phi) is 5.46. The number of hydrogen-bond donors (Lipinski definition) is 1. The van der Waals surface area contributed by atoms with E-state index in [1.807, 2.05) is 41.8 Å². The molecule has 1 aromatic heterocycles. The molecule has 1 fully saturated rings. The molecule has 1 N–H and O–H groups in total. The van der Waals surface area contributed by atoms with Crippen LogP contribution in [0.5, 0.6) is 0 Å². The van der Waals surface area contributed by atoms with Gasteiger partial charge in [0.15, 0.2) is 5.84 Å². The van der Waals surface area contributed by atoms with Crippen molar-refractivity contribution in [2.75, 3.05) is 0 Å². The fourth-order valence-electron chi connectivity index (χ4n) is 1.95. The number of nitriles is 1. The first-order valence-corrected chi connectivity index (χ1v) is 9.28. The molecule has 1 aromatic carbocycles. The summed E-state index contributed by atoms with van der Waals surface area (Å²) in [6.07, 6.45) is 2.33. The highest BCUT2D eigenvalue weighted by Crippen LogP contribution is 2.24. The molecule has 1 aliphatic carbocycles. The third-order valence-electron chi connectivity index (χ3n) is 3.29. The normalized spacial score (nSPS) is 14.8. The highest BCUT2D eigenvalue weighted by Gasteiger charge is 2.21. The third-order valence-corrected chi connectivity index (χ3v) is 4.90. The Morgan fingerprint density at radius 3 is 2.96 bits per heavy atom. The van der Waals surface area contributed by atoms with Gasteiger partial charge < -0.3 is 0 Å². The summed E-state index contributed by atoms with van der Waals surface area (Å²) in [6.45, 7) is 0. The van der Waals surface area contributed by atoms with Gasteiger partial charge in [-0.15, -0.1) is 23.1 Å². The maximum Gasteiger partial charge on any atom is 0.159 e. The maximum atomic E-state index is 9.07. The van der Waals surface area contributed by atoms with Crippen molar-refractivity contribution in [2.24, 2.45) is 10.1 Å². The molecule has 6 heteroatoms. The standard InChI is InChI=1S/C17H16N4S2/c18-10-13-4-1-2-5-14(13)11-22-12-19-21-17(20-15-7-8-15)16-6-3-9-23-16/h1-6,9,12,15H,7-8,11H2,(H,20,21)/b19-12+. The number of nitrogens with zero attached hydrogens (tertiary/aromatic N) is 3. The molecule has 0 bridgehead atoms. The molecule has 0 saturated heterocycles. The van der Waals surface area contributed by atoms with Gasteiger partial charge in [-0.05, 0) is 35.9 Å². The van der Waals surface area contributed by atoms with Crippen LogP contribution in [0.15, 0.2) is 51.9 Å². The molecule has 4 nitrogen and oxygen atoms in total. The lowest BCUT2D eigenvalue weighted by molar-refractivity contribution is 0.981. The molecule has 1 aliphatic rings. The molecule has 0 unspecified atom stereocenters. The molecule has 0 amide bonds. The molecule has 1 saturated carbocycles. The molecule has 116 valence electrons. The van der Waals surface area contributed by atoms with Gasteiger partial charge in [-0.3, -0.25) is 10.4 Å². The summed E-state index contributed by atoms with van der Waals surface area (Å²) in [4.78, 5) is 5.77. The van der Waals surface area contributed by atoms with Gasteiger partial charge >= 0.3 is 0 Å². The van der Waals surface area contributed by atoms with Crippen LogP contribution in [0.4, 0.5) is 0 Å². The van der Waals surface area contributed by atoms with Crippen LogP contribution in [0.25, 0.3) is 0 Å². The van der Waals surface area contributed by atoms with E-state index in [0.29, 0.717) is 6.04 Å². The maximum absolute atomic E-state index is 9.07. The van der Waals surface area contributed by atoms with E-state index in [4.69, 9.17) is 5.26 Å². The van der Waals surface area contributed by atoms with Crippen LogP contribution in [0.3, 0.4) is 0 Å². The molecule has 23 heavy (non-hydrogen) atoms. The van der Waals surface area contributed by atoms with Crippen LogP contribution >= 0.6 is 23.1 Å². The van der Waals surface area contributed by atoms with Gasteiger partial charge in [-0.2, -0.15) is 10.4 Å². The van der Waals surface area contributed by atoms with Crippen molar-refractivity contribution in [1.82, 2.24) is 5.43 Å². The van der Waals surface area contributed by atoms with Crippen molar-refractivity contribution < 1.29 is 0 Å². The first-order valence-electron chi connectivity index (χ1n) is 7.35. The number of rotatable bonds is 6. The van der Waals surface area contributed by atoms with E-state index in [2.05, 4.69) is 21.6 Å². The highest BCUT2D eigenvalue weighted by atomic mass is 32.2. The van der Waals surface area contributed by atoms with E-state index in [0.717, 1.165) is 27.6 Å². The van der Waals surface area contributed by atoms with Crippen LogP contribution in [0.1, 0.15) is 28.8 Å². The van der Waals surface area contributed by atoms with E-state index in [1.165, 1.54) is 12.8 Å². The molecular formula is C17H16N4S2. The molecule has 0 radical (unpaired) electrons. The monoisotopic (exact) mass is 340 g/mol. The van der Waals surface area contributed by atoms with Crippen molar-refractivity contribution in [3.05, 3.63) is 57.8 Å². The fraction of sp³-hybridized carbons (Fsp3) is 0.235. The minimum atomic E-state index is 0.449. The van der Waals surface area contributed by atoms with Crippen LogP contribution in [-0.4, -0.2) is 17.4 Å². The van der Waals surface area contributed by atoms with Crippen molar-refractivity contribution in [3.63, 3.8) is 0 Å². The molecule has 0 atom stereocenters. The van der Waals surface area contributed by atoms with Gasteiger partial charge in [0.1, 0.15) is 0 Å². The van der Waals surface area contributed by atoms with E-state index >= 15 is 0 Å². The SMILES string of the molecule is N#Cc1ccccc1CS/C=N/NC(=NC1CC1)c1cccs1. The number of thiophene rings is 1. The lowest BCUT2D eigenvalue weighted by Gasteiger charge is -2.03. The molecule has 0 spiro atoms. The number of hydrazone groups is 1. The summed E-state index contributed by atoms with van der Waals surface area (Å²) in [7, 11) is 0. The summed E-state index contributed by atoms with van der Waals surface area (Å²) in [5, 5.41) is 15.4. The van der Waals surface area contributed by atoms with Crippen molar-refractivity contribution >= 4 is 34.5 Å². The van der Waals surface area contributed by atoms with E-state index in [1.54, 1.807) is 28.6 Å². The zero-order valence-corrected chi connectivity index (χ0v) is 14.1. The molecule has 1 heterocycles. The highest BCUT2D eigenvalue weighted by molar-refractivity contribution is 8.11. The van der Waals surface area contributed by atoms with Gasteiger partial charge in [0.05, 0.1) is 28.1 Å². The second-order valence-electron chi connectivity index (χ2n) is 5.11. The Morgan fingerprint density at radius 1 is 1.35 bits per heavy atom.